The molecule has 0 aliphatic carbocycles. The summed E-state index contributed by atoms with van der Waals surface area (Å²) in [5.41, 5.74) is 8.57. The van der Waals surface area contributed by atoms with E-state index in [0.717, 1.165) is 0 Å². The van der Waals surface area contributed by atoms with Crippen LogP contribution in [0.5, 0.6) is 0 Å². The van der Waals surface area contributed by atoms with Crippen LogP contribution in [0.25, 0.3) is 82.1 Å². The fraction of sp³-hybridized carbons (Fsp3) is 0. The molecule has 0 N–H and O–H groups in total. The molecule has 1 nitrogen and oxygen atoms in total. The van der Waals surface area contributed by atoms with Gasteiger partial charge in [0.2, 0.25) is 0 Å². The largest absolute Gasteiger partial charge is 0.309 e. The molecule has 1 heteroatoms. The maximum atomic E-state index is 2.39. The maximum absolute atomic E-state index is 2.39. The Hall–Kier alpha value is -5.66. The highest BCUT2D eigenvalue weighted by molar-refractivity contribution is 6.20. The first kappa shape index (κ1) is 24.0. The van der Waals surface area contributed by atoms with Crippen molar-refractivity contribution in [3.8, 4) is 27.9 Å². The number of benzene rings is 8. The molecule has 0 atom stereocenters. The number of nitrogens with zero attached hydrogens (tertiary/aromatic N) is 1. The molecule has 1 aromatic heterocycles. The fourth-order valence-electron chi connectivity index (χ4n) is 6.99. The normalized spacial score (nSPS) is 11.7. The Morgan fingerprint density at radius 1 is 0.302 bits per heavy atom. The van der Waals surface area contributed by atoms with E-state index in [1.807, 2.05) is 0 Å². The third-order valence-corrected chi connectivity index (χ3v) is 8.94. The van der Waals surface area contributed by atoms with E-state index >= 15 is 0 Å². The monoisotopic (exact) mass is 545 g/mol. The van der Waals surface area contributed by atoms with Crippen molar-refractivity contribution < 1.29 is 0 Å². The van der Waals surface area contributed by atoms with Gasteiger partial charge in [-0.3, -0.25) is 0 Å². The topological polar surface area (TPSA) is 4.93 Å². The van der Waals surface area contributed by atoms with Crippen molar-refractivity contribution in [2.45, 2.75) is 0 Å². The standard InChI is InChI=1S/C42H27N/c1-2-15-33(16-3-1)43-40-20-9-8-19-36(40)37-23-22-30(27-41(37)43)29-13-10-14-32(25-29)42-35-18-7-5-12-31(35)26-39-34-17-6-4-11-28(34)21-24-38(39)42/h1-27H. The van der Waals surface area contributed by atoms with Gasteiger partial charge in [-0.25, -0.2) is 0 Å². The highest BCUT2D eigenvalue weighted by Gasteiger charge is 2.15. The molecule has 43 heavy (non-hydrogen) atoms. The van der Waals surface area contributed by atoms with E-state index in [1.165, 1.54) is 82.1 Å². The molecule has 0 aliphatic heterocycles. The van der Waals surface area contributed by atoms with E-state index in [9.17, 15) is 0 Å². The van der Waals surface area contributed by atoms with Crippen molar-refractivity contribution in [1.82, 2.24) is 4.57 Å². The van der Waals surface area contributed by atoms with E-state index in [0.29, 0.717) is 0 Å². The van der Waals surface area contributed by atoms with E-state index in [2.05, 4.69) is 168 Å². The molecular formula is C42H27N. The molecule has 0 radical (unpaired) electrons. The van der Waals surface area contributed by atoms with Gasteiger partial charge in [-0.1, -0.05) is 127 Å². The molecule has 0 bridgehead atoms. The molecule has 9 aromatic rings. The third-order valence-electron chi connectivity index (χ3n) is 8.94. The zero-order chi connectivity index (χ0) is 28.3. The Bertz CT molecular complexity index is 2500. The van der Waals surface area contributed by atoms with Crippen molar-refractivity contribution >= 4 is 54.1 Å². The molecule has 0 fully saturated rings. The number of para-hydroxylation sites is 2. The minimum Gasteiger partial charge on any atom is -0.309 e. The van der Waals surface area contributed by atoms with Crippen LogP contribution in [0.4, 0.5) is 0 Å². The summed E-state index contributed by atoms with van der Waals surface area (Å²) in [6.07, 6.45) is 0. The lowest BCUT2D eigenvalue weighted by atomic mass is 9.89. The number of hydrogen-bond acceptors (Lipinski definition) is 0. The van der Waals surface area contributed by atoms with Crippen LogP contribution in [-0.2, 0) is 0 Å². The second-order valence-corrected chi connectivity index (χ2v) is 11.4. The van der Waals surface area contributed by atoms with Crippen LogP contribution >= 0.6 is 0 Å². The molecule has 8 aromatic carbocycles. The Labute approximate surface area is 249 Å². The maximum Gasteiger partial charge on any atom is 0.0547 e. The molecule has 0 amide bonds. The van der Waals surface area contributed by atoms with Crippen LogP contribution in [0.3, 0.4) is 0 Å². The second kappa shape index (κ2) is 9.44. The highest BCUT2D eigenvalue weighted by Crippen LogP contribution is 2.41. The first-order valence-electron chi connectivity index (χ1n) is 14.9. The summed E-state index contributed by atoms with van der Waals surface area (Å²) in [5.74, 6) is 0. The molecule has 0 spiro atoms. The van der Waals surface area contributed by atoms with Gasteiger partial charge in [-0.15, -0.1) is 0 Å². The van der Waals surface area contributed by atoms with Crippen molar-refractivity contribution in [2.75, 3.05) is 0 Å². The molecule has 0 unspecified atom stereocenters. The van der Waals surface area contributed by atoms with Crippen LogP contribution < -0.4 is 0 Å². The first-order valence-corrected chi connectivity index (χ1v) is 14.9. The van der Waals surface area contributed by atoms with E-state index in [1.54, 1.807) is 0 Å². The van der Waals surface area contributed by atoms with Gasteiger partial charge in [-0.05, 0) is 91.0 Å². The van der Waals surface area contributed by atoms with E-state index in [-0.39, 0.29) is 0 Å². The Kier molecular flexibility index (Phi) is 5.27. The summed E-state index contributed by atoms with van der Waals surface area (Å²) in [6, 6.07) is 59.8. The first-order chi connectivity index (χ1) is 21.3. The summed E-state index contributed by atoms with van der Waals surface area (Å²) >= 11 is 0. The number of fused-ring (bicyclic) bond motifs is 7. The summed E-state index contributed by atoms with van der Waals surface area (Å²) in [7, 11) is 0. The van der Waals surface area contributed by atoms with Crippen molar-refractivity contribution in [3.05, 3.63) is 164 Å². The van der Waals surface area contributed by atoms with Crippen LogP contribution in [-0.4, -0.2) is 4.57 Å². The van der Waals surface area contributed by atoms with Gasteiger partial charge in [0, 0.05) is 16.5 Å². The van der Waals surface area contributed by atoms with E-state index < -0.39 is 0 Å². The molecule has 200 valence electrons. The molecule has 1 heterocycles. The Balaban J connectivity index is 1.29. The van der Waals surface area contributed by atoms with Gasteiger partial charge in [0.05, 0.1) is 11.0 Å². The van der Waals surface area contributed by atoms with Gasteiger partial charge in [0.15, 0.2) is 0 Å². The van der Waals surface area contributed by atoms with Gasteiger partial charge in [0.1, 0.15) is 0 Å². The lowest BCUT2D eigenvalue weighted by Gasteiger charge is -2.15. The number of aromatic nitrogens is 1. The summed E-state index contributed by atoms with van der Waals surface area (Å²) in [5, 5.41) is 10.2. The molecule has 0 saturated heterocycles. The fourth-order valence-corrected chi connectivity index (χ4v) is 6.99. The van der Waals surface area contributed by atoms with Crippen molar-refractivity contribution in [3.63, 3.8) is 0 Å². The Morgan fingerprint density at radius 3 is 1.84 bits per heavy atom. The smallest absolute Gasteiger partial charge is 0.0547 e. The molecule has 9 rings (SSSR count). The zero-order valence-corrected chi connectivity index (χ0v) is 23.5. The van der Waals surface area contributed by atoms with Gasteiger partial charge >= 0.3 is 0 Å². The van der Waals surface area contributed by atoms with Crippen molar-refractivity contribution in [1.29, 1.82) is 0 Å². The van der Waals surface area contributed by atoms with Gasteiger partial charge < -0.3 is 4.57 Å². The average Bonchev–Trinajstić information content (AvgIpc) is 3.41. The highest BCUT2D eigenvalue weighted by atomic mass is 15.0. The predicted molar refractivity (Wildman–Crippen MR) is 184 cm³/mol. The molecule has 0 aliphatic rings. The number of rotatable bonds is 3. The van der Waals surface area contributed by atoms with E-state index in [4.69, 9.17) is 0 Å². The second-order valence-electron chi connectivity index (χ2n) is 11.4. The minimum atomic E-state index is 1.18. The van der Waals surface area contributed by atoms with Crippen LogP contribution in [0.1, 0.15) is 0 Å². The number of hydrogen-bond donors (Lipinski definition) is 0. The van der Waals surface area contributed by atoms with Crippen LogP contribution in [0.15, 0.2) is 164 Å². The molecular weight excluding hydrogens is 518 g/mol. The minimum absolute atomic E-state index is 1.18. The SMILES string of the molecule is c1ccc(-n2c3ccccc3c3ccc(-c4cccc(-c5c6ccccc6cc6c5ccc5ccccc56)c4)cc32)cc1. The average molecular weight is 546 g/mol. The Morgan fingerprint density at radius 2 is 0.953 bits per heavy atom. The van der Waals surface area contributed by atoms with Crippen LogP contribution in [0.2, 0.25) is 0 Å². The summed E-state index contributed by atoms with van der Waals surface area (Å²) in [6.45, 7) is 0. The van der Waals surface area contributed by atoms with Gasteiger partial charge in [-0.2, -0.15) is 0 Å². The molecule has 0 saturated carbocycles. The van der Waals surface area contributed by atoms with Crippen molar-refractivity contribution in [2.24, 2.45) is 0 Å². The quantitative estimate of drug-likeness (QED) is 0.154. The lowest BCUT2D eigenvalue weighted by Crippen LogP contribution is -1.93. The summed E-state index contributed by atoms with van der Waals surface area (Å²) < 4.78 is 2.39. The zero-order valence-electron chi connectivity index (χ0n) is 23.5. The third kappa shape index (κ3) is 3.72. The lowest BCUT2D eigenvalue weighted by molar-refractivity contribution is 1.18. The van der Waals surface area contributed by atoms with Gasteiger partial charge in [0.25, 0.3) is 0 Å². The predicted octanol–water partition coefficient (Wildman–Crippen LogP) is 11.6. The van der Waals surface area contributed by atoms with Crippen LogP contribution in [0, 0.1) is 0 Å². The summed E-state index contributed by atoms with van der Waals surface area (Å²) in [4.78, 5) is 0.